The Balaban J connectivity index is 0.000000468. The molecule has 126 valence electrons. The average molecular weight is 321 g/mol. The van der Waals surface area contributed by atoms with E-state index in [4.69, 9.17) is 10.5 Å². The lowest BCUT2D eigenvalue weighted by atomic mass is 10.1. The van der Waals surface area contributed by atoms with Gasteiger partial charge in [-0.15, -0.1) is 0 Å². The van der Waals surface area contributed by atoms with Crippen LogP contribution in [-0.2, 0) is 25.5 Å². The maximum absolute atomic E-state index is 10.7. The summed E-state index contributed by atoms with van der Waals surface area (Å²) in [5.74, 6) is -0.594. The monoisotopic (exact) mass is 321 g/mol. The number of rotatable bonds is 7. The van der Waals surface area contributed by atoms with Crippen molar-refractivity contribution in [2.45, 2.75) is 13.3 Å². The number of hydrogen-bond acceptors (Lipinski definition) is 6. The molecule has 0 atom stereocenters. The van der Waals surface area contributed by atoms with E-state index in [0.717, 1.165) is 11.6 Å². The number of hydrogen-bond donors (Lipinski definition) is 2. The highest BCUT2D eigenvalue weighted by molar-refractivity contribution is 5.86. The van der Waals surface area contributed by atoms with E-state index in [1.54, 1.807) is 25.1 Å². The maximum Gasteiger partial charge on any atom is 0.333 e. The Morgan fingerprint density at radius 1 is 1.26 bits per heavy atom. The van der Waals surface area contributed by atoms with Gasteiger partial charge in [0.15, 0.2) is 0 Å². The molecule has 6 heteroatoms. The largest absolute Gasteiger partial charge is 0.508 e. The predicted octanol–water partition coefficient (Wildman–Crippen LogP) is 1.73. The van der Waals surface area contributed by atoms with Crippen LogP contribution >= 0.6 is 0 Å². The van der Waals surface area contributed by atoms with Gasteiger partial charge in [-0.3, -0.25) is 0 Å². The summed E-state index contributed by atoms with van der Waals surface area (Å²) >= 11 is 0. The van der Waals surface area contributed by atoms with Crippen LogP contribution in [0.5, 0.6) is 5.75 Å². The first kappa shape index (κ1) is 20.4. The highest BCUT2D eigenvalue weighted by Gasteiger charge is 2.01. The van der Waals surface area contributed by atoms with E-state index < -0.39 is 5.97 Å². The summed E-state index contributed by atoms with van der Waals surface area (Å²) < 4.78 is 9.37. The second kappa shape index (κ2) is 12.0. The van der Waals surface area contributed by atoms with Crippen LogP contribution in [0.2, 0.25) is 0 Å². The smallest absolute Gasteiger partial charge is 0.333 e. The van der Waals surface area contributed by atoms with Crippen molar-refractivity contribution < 1.29 is 24.2 Å². The molecule has 0 aromatic heterocycles. The van der Waals surface area contributed by atoms with Gasteiger partial charge in [0.05, 0.1) is 6.61 Å². The zero-order valence-electron chi connectivity index (χ0n) is 13.3. The fraction of sp³-hybridized carbons (Fsp3) is 0.294. The minimum absolute atomic E-state index is 0.224. The molecule has 0 heterocycles. The summed E-state index contributed by atoms with van der Waals surface area (Å²) in [5.41, 5.74) is 6.24. The number of carbonyl (C=O) groups is 2. The minimum Gasteiger partial charge on any atom is -0.508 e. The molecule has 3 N–H and O–H groups in total. The van der Waals surface area contributed by atoms with Gasteiger partial charge in [0.25, 0.3) is 0 Å². The van der Waals surface area contributed by atoms with Crippen LogP contribution in [0.15, 0.2) is 49.1 Å². The second-order valence-electron chi connectivity index (χ2n) is 4.46. The molecule has 1 aromatic carbocycles. The van der Waals surface area contributed by atoms with Crippen molar-refractivity contribution in [2.75, 3.05) is 19.8 Å². The Morgan fingerprint density at radius 2 is 1.91 bits per heavy atom. The first-order chi connectivity index (χ1) is 10.9. The standard InChI is InChI=1S/C11H12O3.C6H11NO2/c1-2-11(13)14-8-7-9-5-3-4-6-10(9)12;1-5(2)6(8)9-4-3-7/h2-6,12H,1,7-8H2;1,3-4,7H2,2H3. The summed E-state index contributed by atoms with van der Waals surface area (Å²) in [6.45, 7) is 9.15. The third kappa shape index (κ3) is 9.87. The van der Waals surface area contributed by atoms with E-state index in [2.05, 4.69) is 17.9 Å². The lowest BCUT2D eigenvalue weighted by Gasteiger charge is -2.03. The molecule has 0 saturated heterocycles. The summed E-state index contributed by atoms with van der Waals surface area (Å²) in [5, 5.41) is 9.37. The number of nitrogens with two attached hydrogens (primary N) is 1. The molecule has 0 amide bonds. The molecule has 0 aliphatic rings. The fourth-order valence-corrected chi connectivity index (χ4v) is 1.32. The molecular weight excluding hydrogens is 298 g/mol. The van der Waals surface area contributed by atoms with Gasteiger partial charge < -0.3 is 20.3 Å². The fourth-order valence-electron chi connectivity index (χ4n) is 1.32. The van der Waals surface area contributed by atoms with Crippen molar-refractivity contribution in [3.63, 3.8) is 0 Å². The van der Waals surface area contributed by atoms with Crippen molar-refractivity contribution in [1.82, 2.24) is 0 Å². The van der Waals surface area contributed by atoms with E-state index in [1.807, 2.05) is 6.07 Å². The van der Waals surface area contributed by atoms with Gasteiger partial charge in [0.2, 0.25) is 0 Å². The van der Waals surface area contributed by atoms with Crippen molar-refractivity contribution in [3.8, 4) is 5.75 Å². The quantitative estimate of drug-likeness (QED) is 0.586. The molecule has 0 aliphatic carbocycles. The van der Waals surface area contributed by atoms with E-state index in [0.29, 0.717) is 18.5 Å². The van der Waals surface area contributed by atoms with Gasteiger partial charge in [-0.2, -0.15) is 0 Å². The molecular formula is C17H23NO5. The van der Waals surface area contributed by atoms with Gasteiger partial charge in [-0.1, -0.05) is 31.4 Å². The van der Waals surface area contributed by atoms with E-state index >= 15 is 0 Å². The maximum atomic E-state index is 10.7. The number of benzene rings is 1. The van der Waals surface area contributed by atoms with Gasteiger partial charge in [-0.25, -0.2) is 9.59 Å². The van der Waals surface area contributed by atoms with E-state index in [9.17, 15) is 14.7 Å². The molecule has 6 nitrogen and oxygen atoms in total. The molecule has 1 rings (SSSR count). The Kier molecular flexibility index (Phi) is 10.6. The molecule has 0 radical (unpaired) electrons. The molecule has 0 unspecified atom stereocenters. The first-order valence-electron chi connectivity index (χ1n) is 7.01. The Morgan fingerprint density at radius 3 is 2.43 bits per heavy atom. The molecule has 0 fully saturated rings. The lowest BCUT2D eigenvalue weighted by molar-refractivity contribution is -0.139. The van der Waals surface area contributed by atoms with Crippen LogP contribution in [0, 0.1) is 0 Å². The van der Waals surface area contributed by atoms with Gasteiger partial charge in [0.1, 0.15) is 12.4 Å². The highest BCUT2D eigenvalue weighted by Crippen LogP contribution is 2.15. The zero-order valence-corrected chi connectivity index (χ0v) is 13.3. The molecule has 1 aromatic rings. The van der Waals surface area contributed by atoms with Crippen molar-refractivity contribution >= 4 is 11.9 Å². The predicted molar refractivity (Wildman–Crippen MR) is 87.8 cm³/mol. The molecule has 0 spiro atoms. The Bertz CT molecular complexity index is 540. The topological polar surface area (TPSA) is 98.9 Å². The number of phenolic OH excluding ortho intramolecular Hbond substituents is 1. The van der Waals surface area contributed by atoms with E-state index in [1.165, 1.54) is 0 Å². The Hall–Kier alpha value is -2.60. The van der Waals surface area contributed by atoms with Crippen LogP contribution in [0.4, 0.5) is 0 Å². The average Bonchev–Trinajstić information content (AvgIpc) is 2.54. The first-order valence-corrected chi connectivity index (χ1v) is 7.01. The third-order valence-corrected chi connectivity index (χ3v) is 2.47. The second-order valence-corrected chi connectivity index (χ2v) is 4.46. The number of para-hydroxylation sites is 1. The van der Waals surface area contributed by atoms with Gasteiger partial charge in [0, 0.05) is 24.6 Å². The van der Waals surface area contributed by atoms with E-state index in [-0.39, 0.29) is 24.9 Å². The number of phenols is 1. The van der Waals surface area contributed by atoms with Crippen LogP contribution in [0.3, 0.4) is 0 Å². The highest BCUT2D eigenvalue weighted by atomic mass is 16.5. The Labute approximate surface area is 136 Å². The number of esters is 2. The third-order valence-electron chi connectivity index (χ3n) is 2.47. The summed E-state index contributed by atoms with van der Waals surface area (Å²) in [6, 6.07) is 6.96. The van der Waals surface area contributed by atoms with Crippen molar-refractivity contribution in [3.05, 3.63) is 54.6 Å². The van der Waals surface area contributed by atoms with Crippen molar-refractivity contribution in [2.24, 2.45) is 5.73 Å². The van der Waals surface area contributed by atoms with Crippen molar-refractivity contribution in [1.29, 1.82) is 0 Å². The van der Waals surface area contributed by atoms with Gasteiger partial charge >= 0.3 is 11.9 Å². The van der Waals surface area contributed by atoms with Crippen LogP contribution in [0.25, 0.3) is 0 Å². The molecule has 0 aliphatic heterocycles. The molecule has 0 bridgehead atoms. The van der Waals surface area contributed by atoms with Gasteiger partial charge in [-0.05, 0) is 18.6 Å². The number of aromatic hydroxyl groups is 1. The lowest BCUT2D eigenvalue weighted by Crippen LogP contribution is -2.13. The normalized spacial score (nSPS) is 9.13. The number of carbonyl (C=O) groups excluding carboxylic acids is 2. The summed E-state index contributed by atoms with van der Waals surface area (Å²) in [7, 11) is 0. The number of ether oxygens (including phenoxy) is 2. The molecule has 23 heavy (non-hydrogen) atoms. The summed E-state index contributed by atoms with van der Waals surface area (Å²) in [6.07, 6.45) is 1.62. The van der Waals surface area contributed by atoms with Crippen LogP contribution < -0.4 is 5.73 Å². The SMILES string of the molecule is C=C(C)C(=O)OCCN.C=CC(=O)OCCc1ccccc1O. The summed E-state index contributed by atoms with van der Waals surface area (Å²) in [4.78, 5) is 21.2. The zero-order chi connectivity index (χ0) is 17.7. The van der Waals surface area contributed by atoms with Crippen LogP contribution in [-0.4, -0.2) is 36.8 Å². The minimum atomic E-state index is -0.444. The van der Waals surface area contributed by atoms with Crippen LogP contribution in [0.1, 0.15) is 12.5 Å². The molecule has 0 saturated carbocycles.